The Labute approximate surface area is 161 Å². The second-order valence-electron chi connectivity index (χ2n) is 5.92. The lowest BCUT2D eigenvalue weighted by Crippen LogP contribution is -2.25. The van der Waals surface area contributed by atoms with Crippen LogP contribution < -0.4 is 5.32 Å². The van der Waals surface area contributed by atoms with Gasteiger partial charge in [-0.1, -0.05) is 18.2 Å². The van der Waals surface area contributed by atoms with Crippen molar-refractivity contribution in [1.82, 2.24) is 14.7 Å². The third-order valence-electron chi connectivity index (χ3n) is 3.99. The maximum absolute atomic E-state index is 12.5. The second kappa shape index (κ2) is 9.23. The van der Waals surface area contributed by atoms with Gasteiger partial charge in [-0.3, -0.25) is 9.59 Å². The van der Waals surface area contributed by atoms with E-state index in [0.717, 1.165) is 16.2 Å². The molecule has 1 aromatic carbocycles. The number of carbonyl (C=O) groups excluding carboxylic acids is 2. The van der Waals surface area contributed by atoms with Crippen LogP contribution in [0.15, 0.2) is 59.8 Å². The lowest BCUT2D eigenvalue weighted by molar-refractivity contribution is -0.140. The summed E-state index contributed by atoms with van der Waals surface area (Å²) in [6, 6.07) is 13.4. The van der Waals surface area contributed by atoms with E-state index in [4.69, 9.17) is 0 Å². The number of esters is 1. The molecule has 6 nitrogen and oxygen atoms in total. The molecule has 0 spiro atoms. The fraction of sp³-hybridized carbons (Fsp3) is 0.250. The zero-order chi connectivity index (χ0) is 19.1. The van der Waals surface area contributed by atoms with E-state index in [1.807, 2.05) is 59.3 Å². The van der Waals surface area contributed by atoms with E-state index in [-0.39, 0.29) is 11.9 Å². The maximum Gasteiger partial charge on any atom is 0.305 e. The van der Waals surface area contributed by atoms with Gasteiger partial charge in [0.15, 0.2) is 0 Å². The third-order valence-corrected chi connectivity index (χ3v) is 5.10. The van der Waals surface area contributed by atoms with Gasteiger partial charge in [0.2, 0.25) is 0 Å². The number of fused-ring (bicyclic) bond motifs is 1. The van der Waals surface area contributed by atoms with Crippen molar-refractivity contribution in [2.45, 2.75) is 23.5 Å². The number of hydrogen-bond donors (Lipinski definition) is 1. The molecule has 7 heteroatoms. The van der Waals surface area contributed by atoms with Crippen LogP contribution in [-0.2, 0) is 15.3 Å². The quantitative estimate of drug-likeness (QED) is 0.367. The standard InChI is InChI=1S/C20H21N3O3S/c1-26-19(24)10-6-11-21-20(25)16-7-2-3-8-17(16)27-14-15-13-23-12-5-4-9-18(23)22-15/h2-5,7-9,12-13H,6,10-11,14H2,1H3,(H,21,25). The predicted molar refractivity (Wildman–Crippen MR) is 105 cm³/mol. The number of methoxy groups -OCH3 is 1. The van der Waals surface area contributed by atoms with Crippen molar-refractivity contribution in [2.75, 3.05) is 13.7 Å². The van der Waals surface area contributed by atoms with Crippen molar-refractivity contribution in [2.24, 2.45) is 0 Å². The molecule has 1 amide bonds. The number of thioether (sulfide) groups is 1. The predicted octanol–water partition coefficient (Wildman–Crippen LogP) is 3.31. The van der Waals surface area contributed by atoms with Crippen molar-refractivity contribution >= 4 is 29.3 Å². The number of nitrogens with one attached hydrogen (secondary N) is 1. The maximum atomic E-state index is 12.5. The molecule has 0 saturated heterocycles. The Kier molecular flexibility index (Phi) is 6.49. The summed E-state index contributed by atoms with van der Waals surface area (Å²) < 4.78 is 6.58. The van der Waals surface area contributed by atoms with Crippen LogP contribution in [0.1, 0.15) is 28.9 Å². The molecule has 0 aliphatic heterocycles. The summed E-state index contributed by atoms with van der Waals surface area (Å²) in [4.78, 5) is 29.1. The first kappa shape index (κ1) is 19.0. The van der Waals surface area contributed by atoms with Gasteiger partial charge in [0.05, 0.1) is 18.4 Å². The van der Waals surface area contributed by atoms with E-state index in [1.165, 1.54) is 7.11 Å². The van der Waals surface area contributed by atoms with Crippen molar-refractivity contribution < 1.29 is 14.3 Å². The number of amides is 1. The largest absolute Gasteiger partial charge is 0.469 e. The van der Waals surface area contributed by atoms with Crippen molar-refractivity contribution in [1.29, 1.82) is 0 Å². The van der Waals surface area contributed by atoms with Crippen LogP contribution >= 0.6 is 11.8 Å². The molecule has 2 aromatic heterocycles. The van der Waals surface area contributed by atoms with Crippen LogP contribution in [-0.4, -0.2) is 34.9 Å². The normalized spacial score (nSPS) is 10.7. The monoisotopic (exact) mass is 383 g/mol. The smallest absolute Gasteiger partial charge is 0.305 e. The Balaban J connectivity index is 1.59. The lowest BCUT2D eigenvalue weighted by atomic mass is 10.2. The number of rotatable bonds is 8. The highest BCUT2D eigenvalue weighted by Crippen LogP contribution is 2.26. The van der Waals surface area contributed by atoms with E-state index >= 15 is 0 Å². The van der Waals surface area contributed by atoms with E-state index < -0.39 is 0 Å². The highest BCUT2D eigenvalue weighted by atomic mass is 32.2. The number of aromatic nitrogens is 2. The SMILES string of the molecule is COC(=O)CCCNC(=O)c1ccccc1SCc1cn2ccccc2n1. The number of imidazole rings is 1. The average molecular weight is 383 g/mol. The molecule has 0 radical (unpaired) electrons. The molecule has 3 aromatic rings. The number of nitrogens with zero attached hydrogens (tertiary/aromatic N) is 2. The zero-order valence-electron chi connectivity index (χ0n) is 15.1. The molecule has 27 heavy (non-hydrogen) atoms. The topological polar surface area (TPSA) is 72.7 Å². The second-order valence-corrected chi connectivity index (χ2v) is 6.94. The molecular formula is C20H21N3O3S. The average Bonchev–Trinajstić information content (AvgIpc) is 3.12. The summed E-state index contributed by atoms with van der Waals surface area (Å²) in [7, 11) is 1.36. The van der Waals surface area contributed by atoms with E-state index in [9.17, 15) is 9.59 Å². The summed E-state index contributed by atoms with van der Waals surface area (Å²) in [5.74, 6) is 0.263. The van der Waals surface area contributed by atoms with Crippen LogP contribution in [0.4, 0.5) is 0 Å². The fourth-order valence-electron chi connectivity index (χ4n) is 2.62. The molecule has 0 atom stereocenters. The Bertz CT molecular complexity index is 906. The Morgan fingerprint density at radius 1 is 1.19 bits per heavy atom. The number of hydrogen-bond acceptors (Lipinski definition) is 5. The Morgan fingerprint density at radius 2 is 2.00 bits per heavy atom. The molecule has 3 rings (SSSR count). The number of pyridine rings is 1. The lowest BCUT2D eigenvalue weighted by Gasteiger charge is -2.09. The van der Waals surface area contributed by atoms with Crippen LogP contribution in [0, 0.1) is 0 Å². The van der Waals surface area contributed by atoms with Crippen molar-refractivity contribution in [3.63, 3.8) is 0 Å². The molecule has 0 aliphatic carbocycles. The minimum atomic E-state index is -0.271. The molecule has 1 N–H and O–H groups in total. The Hall–Kier alpha value is -2.80. The molecular weight excluding hydrogens is 362 g/mol. The van der Waals surface area contributed by atoms with Gasteiger partial charge in [-0.2, -0.15) is 0 Å². The molecule has 0 bridgehead atoms. The fourth-order valence-corrected chi connectivity index (χ4v) is 3.55. The van der Waals surface area contributed by atoms with Crippen LogP contribution in [0.3, 0.4) is 0 Å². The third kappa shape index (κ3) is 5.10. The number of carbonyl (C=O) groups is 2. The van der Waals surface area contributed by atoms with Crippen LogP contribution in [0.5, 0.6) is 0 Å². The van der Waals surface area contributed by atoms with Crippen molar-refractivity contribution in [3.05, 3.63) is 66.1 Å². The summed E-state index contributed by atoms with van der Waals surface area (Å²) in [6.45, 7) is 0.430. The van der Waals surface area contributed by atoms with Gasteiger partial charge in [0, 0.05) is 36.0 Å². The highest BCUT2D eigenvalue weighted by molar-refractivity contribution is 7.98. The van der Waals surface area contributed by atoms with E-state index in [0.29, 0.717) is 30.7 Å². The first-order valence-corrected chi connectivity index (χ1v) is 9.65. The van der Waals surface area contributed by atoms with Gasteiger partial charge < -0.3 is 14.5 Å². The highest BCUT2D eigenvalue weighted by Gasteiger charge is 2.12. The molecule has 0 unspecified atom stereocenters. The molecule has 0 fully saturated rings. The molecule has 2 heterocycles. The van der Waals surface area contributed by atoms with Gasteiger partial charge in [-0.05, 0) is 30.7 Å². The minimum absolute atomic E-state index is 0.141. The molecule has 0 saturated carbocycles. The number of ether oxygens (including phenoxy) is 1. The first-order valence-electron chi connectivity index (χ1n) is 8.67. The molecule has 0 aliphatic rings. The summed E-state index contributed by atoms with van der Waals surface area (Å²) in [5.41, 5.74) is 2.49. The van der Waals surface area contributed by atoms with Gasteiger partial charge in [0.25, 0.3) is 5.91 Å². The summed E-state index contributed by atoms with van der Waals surface area (Å²) >= 11 is 1.58. The van der Waals surface area contributed by atoms with E-state index in [1.54, 1.807) is 11.8 Å². The number of benzene rings is 1. The minimum Gasteiger partial charge on any atom is -0.469 e. The van der Waals surface area contributed by atoms with Gasteiger partial charge in [-0.25, -0.2) is 4.98 Å². The van der Waals surface area contributed by atoms with Gasteiger partial charge in [0.1, 0.15) is 5.65 Å². The molecule has 140 valence electrons. The summed E-state index contributed by atoms with van der Waals surface area (Å²) in [6.07, 6.45) is 4.81. The van der Waals surface area contributed by atoms with Crippen LogP contribution in [0.25, 0.3) is 5.65 Å². The summed E-state index contributed by atoms with van der Waals surface area (Å²) in [5, 5.41) is 2.86. The zero-order valence-corrected chi connectivity index (χ0v) is 15.9. The van der Waals surface area contributed by atoms with Crippen LogP contribution in [0.2, 0.25) is 0 Å². The van der Waals surface area contributed by atoms with E-state index in [2.05, 4.69) is 15.0 Å². The van der Waals surface area contributed by atoms with Gasteiger partial charge in [-0.15, -0.1) is 11.8 Å². The Morgan fingerprint density at radius 3 is 2.81 bits per heavy atom. The van der Waals surface area contributed by atoms with Gasteiger partial charge >= 0.3 is 5.97 Å². The van der Waals surface area contributed by atoms with Crippen molar-refractivity contribution in [3.8, 4) is 0 Å². The first-order chi connectivity index (χ1) is 13.2.